The standard InChI is InChI=1S/C8H6BrNO2/c1-11-8-5-4-7(9)12-6(5)2-3-10-8/h2-4H,1H3. The molecule has 2 heterocycles. The van der Waals surface area contributed by atoms with Gasteiger partial charge in [-0.1, -0.05) is 0 Å². The predicted molar refractivity (Wildman–Crippen MR) is 48.3 cm³/mol. The lowest BCUT2D eigenvalue weighted by Gasteiger charge is -1.96. The number of fused-ring (bicyclic) bond motifs is 1. The van der Waals surface area contributed by atoms with Gasteiger partial charge in [-0.2, -0.15) is 0 Å². The van der Waals surface area contributed by atoms with Crippen molar-refractivity contribution in [1.29, 1.82) is 0 Å². The minimum absolute atomic E-state index is 0.585. The van der Waals surface area contributed by atoms with Gasteiger partial charge in [-0.3, -0.25) is 0 Å². The summed E-state index contributed by atoms with van der Waals surface area (Å²) < 4.78 is 11.0. The van der Waals surface area contributed by atoms with Crippen LogP contribution in [0.3, 0.4) is 0 Å². The molecule has 0 bridgehead atoms. The number of methoxy groups -OCH3 is 1. The maximum Gasteiger partial charge on any atom is 0.224 e. The molecule has 0 atom stereocenters. The summed E-state index contributed by atoms with van der Waals surface area (Å²) in [5.41, 5.74) is 0.772. The van der Waals surface area contributed by atoms with Crippen LogP contribution in [0.4, 0.5) is 0 Å². The number of ether oxygens (including phenoxy) is 1. The summed E-state index contributed by atoms with van der Waals surface area (Å²) in [6.07, 6.45) is 1.65. The van der Waals surface area contributed by atoms with E-state index in [1.54, 1.807) is 19.4 Å². The largest absolute Gasteiger partial charge is 0.480 e. The summed E-state index contributed by atoms with van der Waals surface area (Å²) in [6, 6.07) is 3.63. The van der Waals surface area contributed by atoms with Crippen molar-refractivity contribution in [2.45, 2.75) is 0 Å². The molecule has 2 aromatic heterocycles. The van der Waals surface area contributed by atoms with Crippen molar-refractivity contribution in [2.75, 3.05) is 7.11 Å². The van der Waals surface area contributed by atoms with E-state index in [4.69, 9.17) is 9.15 Å². The van der Waals surface area contributed by atoms with Gasteiger partial charge in [-0.25, -0.2) is 4.98 Å². The molecule has 0 radical (unpaired) electrons. The zero-order valence-corrected chi connectivity index (χ0v) is 7.96. The molecular formula is C8H6BrNO2. The number of halogens is 1. The predicted octanol–water partition coefficient (Wildman–Crippen LogP) is 2.60. The van der Waals surface area contributed by atoms with Crippen LogP contribution < -0.4 is 4.74 Å². The number of nitrogens with zero attached hydrogens (tertiary/aromatic N) is 1. The summed E-state index contributed by atoms with van der Waals surface area (Å²) >= 11 is 3.24. The summed E-state index contributed by atoms with van der Waals surface area (Å²) in [5.74, 6) is 0.585. The third kappa shape index (κ3) is 1.08. The fourth-order valence-electron chi connectivity index (χ4n) is 1.07. The van der Waals surface area contributed by atoms with Crippen LogP contribution in [0.2, 0.25) is 0 Å². The van der Waals surface area contributed by atoms with Crippen LogP contribution in [0.15, 0.2) is 27.4 Å². The van der Waals surface area contributed by atoms with Crippen LogP contribution in [0.25, 0.3) is 11.0 Å². The molecule has 0 saturated carbocycles. The Morgan fingerprint density at radius 3 is 3.17 bits per heavy atom. The molecule has 2 rings (SSSR count). The Bertz CT molecular complexity index is 410. The molecule has 0 saturated heterocycles. The Morgan fingerprint density at radius 1 is 1.58 bits per heavy atom. The van der Waals surface area contributed by atoms with Crippen molar-refractivity contribution in [3.8, 4) is 5.88 Å². The number of hydrogen-bond acceptors (Lipinski definition) is 3. The normalized spacial score (nSPS) is 10.5. The van der Waals surface area contributed by atoms with Crippen LogP contribution in [0.1, 0.15) is 0 Å². The quantitative estimate of drug-likeness (QED) is 0.752. The average molecular weight is 228 g/mol. The number of pyridine rings is 1. The Labute approximate surface area is 77.5 Å². The molecule has 0 aromatic carbocycles. The Balaban J connectivity index is 2.78. The smallest absolute Gasteiger partial charge is 0.224 e. The second-order valence-electron chi connectivity index (χ2n) is 2.28. The van der Waals surface area contributed by atoms with Crippen molar-refractivity contribution in [3.63, 3.8) is 0 Å². The molecule has 2 aromatic rings. The minimum Gasteiger partial charge on any atom is -0.480 e. The SMILES string of the molecule is COc1nccc2oc(Br)cc12. The van der Waals surface area contributed by atoms with E-state index >= 15 is 0 Å². The van der Waals surface area contributed by atoms with Crippen LogP contribution >= 0.6 is 15.9 Å². The highest BCUT2D eigenvalue weighted by Crippen LogP contribution is 2.28. The highest BCUT2D eigenvalue weighted by atomic mass is 79.9. The van der Waals surface area contributed by atoms with E-state index in [2.05, 4.69) is 20.9 Å². The van der Waals surface area contributed by atoms with Crippen molar-refractivity contribution in [3.05, 3.63) is 23.0 Å². The van der Waals surface area contributed by atoms with Crippen LogP contribution in [-0.4, -0.2) is 12.1 Å². The summed E-state index contributed by atoms with van der Waals surface area (Å²) in [6.45, 7) is 0. The molecule has 0 aliphatic rings. The third-order valence-electron chi connectivity index (χ3n) is 1.57. The van der Waals surface area contributed by atoms with E-state index in [0.717, 1.165) is 11.0 Å². The maximum absolute atomic E-state index is 5.31. The highest BCUT2D eigenvalue weighted by Gasteiger charge is 2.06. The zero-order chi connectivity index (χ0) is 8.55. The lowest BCUT2D eigenvalue weighted by Crippen LogP contribution is -1.85. The molecule has 0 amide bonds. The monoisotopic (exact) mass is 227 g/mol. The van der Waals surface area contributed by atoms with Gasteiger partial charge in [-0.05, 0) is 15.9 Å². The van der Waals surface area contributed by atoms with Gasteiger partial charge < -0.3 is 9.15 Å². The molecule has 0 spiro atoms. The van der Waals surface area contributed by atoms with Crippen molar-refractivity contribution in [1.82, 2.24) is 4.98 Å². The molecule has 0 aliphatic carbocycles. The Morgan fingerprint density at radius 2 is 2.42 bits per heavy atom. The molecular weight excluding hydrogens is 222 g/mol. The van der Waals surface area contributed by atoms with Gasteiger partial charge in [0.15, 0.2) is 4.67 Å². The number of hydrogen-bond donors (Lipinski definition) is 0. The second kappa shape index (κ2) is 2.79. The zero-order valence-electron chi connectivity index (χ0n) is 6.37. The molecule has 0 N–H and O–H groups in total. The lowest BCUT2D eigenvalue weighted by molar-refractivity contribution is 0.403. The van der Waals surface area contributed by atoms with Gasteiger partial charge in [0.2, 0.25) is 5.88 Å². The van der Waals surface area contributed by atoms with Crippen molar-refractivity contribution >= 4 is 26.9 Å². The third-order valence-corrected chi connectivity index (χ3v) is 1.96. The topological polar surface area (TPSA) is 35.3 Å². The Hall–Kier alpha value is -1.03. The van der Waals surface area contributed by atoms with Gasteiger partial charge >= 0.3 is 0 Å². The van der Waals surface area contributed by atoms with Crippen LogP contribution in [0.5, 0.6) is 5.88 Å². The first-order chi connectivity index (χ1) is 5.81. The molecule has 62 valence electrons. The number of furan rings is 1. The van der Waals surface area contributed by atoms with Gasteiger partial charge in [0, 0.05) is 18.3 Å². The van der Waals surface area contributed by atoms with E-state index in [1.165, 1.54) is 0 Å². The van der Waals surface area contributed by atoms with E-state index in [1.807, 2.05) is 6.07 Å². The molecule has 4 heteroatoms. The van der Waals surface area contributed by atoms with Crippen LogP contribution in [0, 0.1) is 0 Å². The van der Waals surface area contributed by atoms with Crippen molar-refractivity contribution in [2.24, 2.45) is 0 Å². The molecule has 3 nitrogen and oxygen atoms in total. The van der Waals surface area contributed by atoms with Gasteiger partial charge in [0.1, 0.15) is 5.58 Å². The number of aromatic nitrogens is 1. The highest BCUT2D eigenvalue weighted by molar-refractivity contribution is 9.10. The van der Waals surface area contributed by atoms with Gasteiger partial charge in [0.05, 0.1) is 12.5 Å². The number of rotatable bonds is 1. The fourth-order valence-corrected chi connectivity index (χ4v) is 1.47. The van der Waals surface area contributed by atoms with Gasteiger partial charge in [0.25, 0.3) is 0 Å². The lowest BCUT2D eigenvalue weighted by atomic mass is 10.3. The minimum atomic E-state index is 0.585. The summed E-state index contributed by atoms with van der Waals surface area (Å²) in [7, 11) is 1.59. The first-order valence-electron chi connectivity index (χ1n) is 3.39. The van der Waals surface area contributed by atoms with Crippen LogP contribution in [-0.2, 0) is 0 Å². The molecule has 0 aliphatic heterocycles. The fraction of sp³-hybridized carbons (Fsp3) is 0.125. The Kier molecular flexibility index (Phi) is 1.77. The summed E-state index contributed by atoms with van der Waals surface area (Å²) in [5, 5.41) is 0.881. The molecule has 12 heavy (non-hydrogen) atoms. The van der Waals surface area contributed by atoms with Gasteiger partial charge in [-0.15, -0.1) is 0 Å². The first-order valence-corrected chi connectivity index (χ1v) is 4.18. The second-order valence-corrected chi connectivity index (χ2v) is 3.06. The van der Waals surface area contributed by atoms with Crippen molar-refractivity contribution < 1.29 is 9.15 Å². The average Bonchev–Trinajstić information content (AvgIpc) is 2.44. The van der Waals surface area contributed by atoms with E-state index in [0.29, 0.717) is 10.5 Å². The molecule has 0 fully saturated rings. The first kappa shape index (κ1) is 7.61. The van der Waals surface area contributed by atoms with E-state index in [-0.39, 0.29) is 0 Å². The molecule has 0 unspecified atom stereocenters. The summed E-state index contributed by atoms with van der Waals surface area (Å²) in [4.78, 5) is 4.04. The maximum atomic E-state index is 5.31. The van der Waals surface area contributed by atoms with E-state index < -0.39 is 0 Å². The van der Waals surface area contributed by atoms with E-state index in [9.17, 15) is 0 Å².